The minimum atomic E-state index is -1.25. The molecule has 6 nitrogen and oxygen atoms in total. The molecular weight excluding hydrogens is 434 g/mol. The van der Waals surface area contributed by atoms with Crippen LogP contribution >= 0.6 is 11.8 Å². The van der Waals surface area contributed by atoms with Gasteiger partial charge in [0.2, 0.25) is 11.8 Å². The molecule has 0 aromatic heterocycles. The van der Waals surface area contributed by atoms with E-state index in [1.807, 2.05) is 55.6 Å². The number of hydrogen-bond donors (Lipinski definition) is 1. The van der Waals surface area contributed by atoms with E-state index in [4.69, 9.17) is 0 Å². The minimum absolute atomic E-state index is 0.176. The first-order valence-electron chi connectivity index (χ1n) is 11.2. The van der Waals surface area contributed by atoms with Crippen molar-refractivity contribution in [2.45, 2.75) is 24.9 Å². The van der Waals surface area contributed by atoms with Gasteiger partial charge in [-0.3, -0.25) is 19.7 Å². The average molecular weight is 462 g/mol. The van der Waals surface area contributed by atoms with E-state index in [0.29, 0.717) is 18.7 Å². The number of carbonyl (C=O) groups is 3. The van der Waals surface area contributed by atoms with Crippen LogP contribution < -0.4 is 15.1 Å². The molecule has 2 aromatic rings. The van der Waals surface area contributed by atoms with Crippen molar-refractivity contribution in [1.82, 2.24) is 5.32 Å². The summed E-state index contributed by atoms with van der Waals surface area (Å²) in [5.74, 6) is -1.27. The Balaban J connectivity index is 1.67. The molecule has 4 atom stereocenters. The van der Waals surface area contributed by atoms with Gasteiger partial charge in [-0.1, -0.05) is 48.6 Å². The maximum absolute atomic E-state index is 14.1. The molecular formula is C26H27N3O3S. The fourth-order valence-electron chi connectivity index (χ4n) is 5.70. The molecule has 0 radical (unpaired) electrons. The van der Waals surface area contributed by atoms with Gasteiger partial charge in [-0.05, 0) is 43.6 Å². The topological polar surface area (TPSA) is 69.7 Å². The van der Waals surface area contributed by atoms with Crippen LogP contribution in [0, 0.1) is 11.8 Å². The summed E-state index contributed by atoms with van der Waals surface area (Å²) in [5.41, 5.74) is 1.70. The molecule has 0 saturated carbocycles. The van der Waals surface area contributed by atoms with Crippen molar-refractivity contribution >= 4 is 40.9 Å². The van der Waals surface area contributed by atoms with Gasteiger partial charge in [-0.2, -0.15) is 11.8 Å². The van der Waals surface area contributed by atoms with E-state index in [0.717, 1.165) is 22.6 Å². The van der Waals surface area contributed by atoms with Crippen molar-refractivity contribution in [2.24, 2.45) is 11.8 Å². The molecule has 7 heteroatoms. The third-order valence-electron chi connectivity index (χ3n) is 6.94. The lowest BCUT2D eigenvalue weighted by atomic mass is 9.76. The molecule has 3 aliphatic rings. The number of nitrogens with zero attached hydrogens (tertiary/aromatic N) is 2. The lowest BCUT2D eigenvalue weighted by Gasteiger charge is -2.30. The van der Waals surface area contributed by atoms with E-state index in [1.165, 1.54) is 4.90 Å². The molecule has 3 aliphatic heterocycles. The summed E-state index contributed by atoms with van der Waals surface area (Å²) in [6.45, 7) is 6.25. The van der Waals surface area contributed by atoms with Gasteiger partial charge in [0.25, 0.3) is 5.91 Å². The van der Waals surface area contributed by atoms with E-state index in [2.05, 4.69) is 11.9 Å². The summed E-state index contributed by atoms with van der Waals surface area (Å²) in [6.07, 6.45) is 2.71. The molecule has 0 bridgehead atoms. The van der Waals surface area contributed by atoms with Gasteiger partial charge in [0, 0.05) is 23.8 Å². The van der Waals surface area contributed by atoms with E-state index in [1.54, 1.807) is 28.8 Å². The molecule has 3 amide bonds. The molecule has 33 heavy (non-hydrogen) atoms. The van der Waals surface area contributed by atoms with Crippen molar-refractivity contribution in [3.8, 4) is 0 Å². The number of rotatable bonds is 6. The summed E-state index contributed by atoms with van der Waals surface area (Å²) in [7, 11) is 0. The number of carbonyl (C=O) groups excluding carboxylic acids is 3. The number of para-hydroxylation sites is 2. The van der Waals surface area contributed by atoms with Gasteiger partial charge in [-0.25, -0.2) is 4.90 Å². The van der Waals surface area contributed by atoms with Crippen LogP contribution in [0.3, 0.4) is 0 Å². The second-order valence-corrected chi connectivity index (χ2v) is 10.0. The Labute approximate surface area is 198 Å². The largest absolute Gasteiger partial charge is 0.306 e. The van der Waals surface area contributed by atoms with Crippen LogP contribution in [0.25, 0.3) is 0 Å². The number of hydrogen-bond acceptors (Lipinski definition) is 5. The Kier molecular flexibility index (Phi) is 5.41. The smallest absolute Gasteiger partial charge is 0.253 e. The predicted octanol–water partition coefficient (Wildman–Crippen LogP) is 3.34. The highest BCUT2D eigenvalue weighted by atomic mass is 32.2. The number of amides is 3. The fourth-order valence-corrected chi connectivity index (χ4v) is 6.19. The first-order chi connectivity index (χ1) is 15.9. The average Bonchev–Trinajstić information content (AvgIpc) is 3.37. The zero-order valence-corrected chi connectivity index (χ0v) is 19.6. The van der Waals surface area contributed by atoms with Crippen LogP contribution in [-0.4, -0.2) is 42.3 Å². The van der Waals surface area contributed by atoms with Crippen LogP contribution in [0.5, 0.6) is 0 Å². The third kappa shape index (κ3) is 3.09. The number of anilines is 2. The van der Waals surface area contributed by atoms with E-state index in [-0.39, 0.29) is 23.8 Å². The quantitative estimate of drug-likeness (QED) is 0.528. The molecule has 4 unspecified atom stereocenters. The van der Waals surface area contributed by atoms with Crippen molar-refractivity contribution in [3.63, 3.8) is 0 Å². The molecule has 170 valence electrons. The molecule has 1 spiro atoms. The highest BCUT2D eigenvalue weighted by Crippen LogP contribution is 2.55. The molecule has 3 heterocycles. The molecule has 1 N–H and O–H groups in total. The predicted molar refractivity (Wildman–Crippen MR) is 131 cm³/mol. The lowest BCUT2D eigenvalue weighted by Crippen LogP contribution is -2.55. The van der Waals surface area contributed by atoms with Crippen molar-refractivity contribution in [3.05, 3.63) is 72.3 Å². The van der Waals surface area contributed by atoms with Gasteiger partial charge in [-0.15, -0.1) is 0 Å². The first-order valence-corrected chi connectivity index (χ1v) is 12.6. The summed E-state index contributed by atoms with van der Waals surface area (Å²) in [4.78, 5) is 44.8. The van der Waals surface area contributed by atoms with Crippen molar-refractivity contribution in [1.29, 1.82) is 0 Å². The van der Waals surface area contributed by atoms with E-state index in [9.17, 15) is 14.4 Å². The summed E-state index contributed by atoms with van der Waals surface area (Å²) < 4.78 is 0. The van der Waals surface area contributed by atoms with Gasteiger partial charge in [0.05, 0.1) is 17.5 Å². The summed E-state index contributed by atoms with van der Waals surface area (Å²) in [6, 6.07) is 16.4. The second-order valence-electron chi connectivity index (χ2n) is 9.06. The van der Waals surface area contributed by atoms with E-state index < -0.39 is 17.4 Å². The van der Waals surface area contributed by atoms with Gasteiger partial charge >= 0.3 is 0 Å². The standard InChI is InChI=1S/C26H27N3O3S/c1-16(2)15-28-20-12-8-7-11-18(20)26(25(28)32)22-21(19(27-26)13-14-33-3)23(30)29(24(22)31)17-9-5-4-6-10-17/h4-12,19,21-22,27H,1,13-15H2,2-3H3. The maximum atomic E-state index is 14.1. The fraction of sp³-hybridized carbons (Fsp3) is 0.346. The zero-order chi connectivity index (χ0) is 23.3. The van der Waals surface area contributed by atoms with Gasteiger partial charge in [0.1, 0.15) is 5.54 Å². The highest BCUT2D eigenvalue weighted by Gasteiger charge is 2.71. The Morgan fingerprint density at radius 1 is 1.06 bits per heavy atom. The van der Waals surface area contributed by atoms with Crippen LogP contribution in [0.4, 0.5) is 11.4 Å². The minimum Gasteiger partial charge on any atom is -0.306 e. The summed E-state index contributed by atoms with van der Waals surface area (Å²) >= 11 is 1.69. The second kappa shape index (κ2) is 8.15. The summed E-state index contributed by atoms with van der Waals surface area (Å²) in [5, 5.41) is 3.54. The molecule has 5 rings (SSSR count). The monoisotopic (exact) mass is 461 g/mol. The zero-order valence-electron chi connectivity index (χ0n) is 18.8. The molecule has 0 aliphatic carbocycles. The Hall–Kier alpha value is -2.90. The third-order valence-corrected chi connectivity index (χ3v) is 7.59. The molecule has 2 fully saturated rings. The van der Waals surface area contributed by atoms with Gasteiger partial charge < -0.3 is 4.90 Å². The van der Waals surface area contributed by atoms with Crippen molar-refractivity contribution in [2.75, 3.05) is 28.4 Å². The van der Waals surface area contributed by atoms with Gasteiger partial charge in [0.15, 0.2) is 0 Å². The molecule has 2 aromatic carbocycles. The number of fused-ring (bicyclic) bond motifs is 4. The first kappa shape index (κ1) is 21.9. The number of imide groups is 1. The highest BCUT2D eigenvalue weighted by molar-refractivity contribution is 7.98. The number of benzene rings is 2. The van der Waals surface area contributed by atoms with Crippen LogP contribution in [0.2, 0.25) is 0 Å². The molecule has 2 saturated heterocycles. The Morgan fingerprint density at radius 2 is 1.76 bits per heavy atom. The SMILES string of the molecule is C=C(C)CN1C(=O)C2(NC(CCSC)C3C(=O)N(c4ccccc4)C(=O)C32)c2ccccc21. The van der Waals surface area contributed by atoms with E-state index >= 15 is 0 Å². The van der Waals surface area contributed by atoms with Crippen LogP contribution in [-0.2, 0) is 19.9 Å². The number of nitrogens with one attached hydrogen (secondary N) is 1. The Morgan fingerprint density at radius 3 is 2.45 bits per heavy atom. The Bertz CT molecular complexity index is 1150. The number of thioether (sulfide) groups is 1. The normalized spacial score (nSPS) is 28.1. The van der Waals surface area contributed by atoms with Crippen LogP contribution in [0.1, 0.15) is 18.9 Å². The lowest BCUT2D eigenvalue weighted by molar-refractivity contribution is -0.132. The van der Waals surface area contributed by atoms with Crippen LogP contribution in [0.15, 0.2) is 66.7 Å². The maximum Gasteiger partial charge on any atom is 0.253 e. The van der Waals surface area contributed by atoms with Crippen molar-refractivity contribution < 1.29 is 14.4 Å².